The van der Waals surface area contributed by atoms with Crippen molar-refractivity contribution in [1.82, 2.24) is 15.0 Å². The molecule has 0 spiro atoms. The molecule has 0 aromatic carbocycles. The lowest BCUT2D eigenvalue weighted by atomic mass is 10.3. The number of carbonyl (C=O) groups excluding carboxylic acids is 1. The maximum absolute atomic E-state index is 11.7. The van der Waals surface area contributed by atoms with Crippen molar-refractivity contribution in [2.24, 2.45) is 0 Å². The fourth-order valence-electron chi connectivity index (χ4n) is 1.54. The van der Waals surface area contributed by atoms with Crippen LogP contribution in [0.4, 0.5) is 0 Å². The van der Waals surface area contributed by atoms with E-state index < -0.39 is 6.10 Å². The molecule has 2 rings (SSSR count). The highest BCUT2D eigenvalue weighted by molar-refractivity contribution is 7.99. The van der Waals surface area contributed by atoms with Crippen molar-refractivity contribution in [3.8, 4) is 11.4 Å². The number of pyridine rings is 1. The van der Waals surface area contributed by atoms with Crippen LogP contribution in [0.2, 0.25) is 0 Å². The second-order valence-electron chi connectivity index (χ2n) is 4.15. The van der Waals surface area contributed by atoms with E-state index in [-0.39, 0.29) is 17.6 Å². The molecule has 1 atom stereocenters. The molecule has 1 unspecified atom stereocenters. The van der Waals surface area contributed by atoms with Crippen LogP contribution in [0, 0.1) is 0 Å². The van der Waals surface area contributed by atoms with E-state index in [4.69, 9.17) is 16.3 Å². The number of nitrogens with zero attached hydrogens (tertiary/aromatic N) is 3. The summed E-state index contributed by atoms with van der Waals surface area (Å²) in [6, 6.07) is 7.35. The van der Waals surface area contributed by atoms with Gasteiger partial charge in [0.1, 0.15) is 6.10 Å². The number of hydrogen-bond donors (Lipinski definition) is 0. The van der Waals surface area contributed by atoms with Gasteiger partial charge in [-0.05, 0) is 18.2 Å². The molecule has 7 heteroatoms. The van der Waals surface area contributed by atoms with Crippen molar-refractivity contribution >= 4 is 29.3 Å². The summed E-state index contributed by atoms with van der Waals surface area (Å²) in [6.07, 6.45) is 4.35. The van der Waals surface area contributed by atoms with Crippen LogP contribution < -0.4 is 0 Å². The largest absolute Gasteiger partial charge is 0.456 e. The predicted molar refractivity (Wildman–Crippen MR) is 86.8 cm³/mol. The molecule has 0 bridgehead atoms. The maximum atomic E-state index is 11.7. The zero-order valence-corrected chi connectivity index (χ0v) is 13.3. The minimum atomic E-state index is -0.476. The van der Waals surface area contributed by atoms with E-state index in [0.29, 0.717) is 10.9 Å². The first kappa shape index (κ1) is 16.5. The Morgan fingerprint density at radius 1 is 1.32 bits per heavy atom. The highest BCUT2D eigenvalue weighted by atomic mass is 35.5. The summed E-state index contributed by atoms with van der Waals surface area (Å²) in [5, 5.41) is 0.487. The number of rotatable bonds is 7. The fraction of sp³-hybridized carbons (Fsp3) is 0.200. The summed E-state index contributed by atoms with van der Waals surface area (Å²) < 4.78 is 5.11. The Morgan fingerprint density at radius 2 is 2.18 bits per heavy atom. The number of esters is 1. The monoisotopic (exact) mass is 335 g/mol. The van der Waals surface area contributed by atoms with E-state index in [9.17, 15) is 4.79 Å². The topological polar surface area (TPSA) is 65.0 Å². The summed E-state index contributed by atoms with van der Waals surface area (Å²) in [5.41, 5.74) is 1.46. The van der Waals surface area contributed by atoms with Gasteiger partial charge in [-0.15, -0.1) is 11.6 Å². The van der Waals surface area contributed by atoms with Gasteiger partial charge in [0, 0.05) is 12.4 Å². The summed E-state index contributed by atoms with van der Waals surface area (Å²) in [6.45, 7) is 3.55. The quantitative estimate of drug-likeness (QED) is 0.255. The molecule has 0 amide bonds. The number of alkyl halides is 1. The van der Waals surface area contributed by atoms with Crippen molar-refractivity contribution in [2.75, 3.05) is 11.6 Å². The van der Waals surface area contributed by atoms with Gasteiger partial charge >= 0.3 is 5.97 Å². The third kappa shape index (κ3) is 4.82. The van der Waals surface area contributed by atoms with Crippen LogP contribution in [0.1, 0.15) is 0 Å². The molecule has 5 nitrogen and oxygen atoms in total. The number of hydrogen-bond acceptors (Lipinski definition) is 6. The van der Waals surface area contributed by atoms with Crippen molar-refractivity contribution in [3.05, 3.63) is 49.3 Å². The van der Waals surface area contributed by atoms with Crippen LogP contribution in [0.15, 0.2) is 54.5 Å². The van der Waals surface area contributed by atoms with Crippen molar-refractivity contribution < 1.29 is 9.53 Å². The fourth-order valence-corrected chi connectivity index (χ4v) is 2.34. The Balaban J connectivity index is 1.96. The second kappa shape index (κ2) is 8.51. The highest BCUT2D eigenvalue weighted by Gasteiger charge is 2.12. The Morgan fingerprint density at radius 3 is 2.86 bits per heavy atom. The molecule has 0 aliphatic rings. The molecule has 22 heavy (non-hydrogen) atoms. The smallest absolute Gasteiger partial charge is 0.317 e. The van der Waals surface area contributed by atoms with Crippen LogP contribution >= 0.6 is 23.4 Å². The molecular formula is C15H14ClN3O2S. The third-order valence-electron chi connectivity index (χ3n) is 2.58. The Kier molecular flexibility index (Phi) is 6.36. The van der Waals surface area contributed by atoms with E-state index in [1.165, 1.54) is 17.8 Å². The standard InChI is InChI=1S/C15H14ClN3O2S/c1-2-11(9-16)21-14(20)10-22-15-18-8-6-13(19-15)12-5-3-4-7-17-12/h2-8,11H,1,9-10H2. The number of ether oxygens (including phenoxy) is 1. The number of aromatic nitrogens is 3. The molecular weight excluding hydrogens is 322 g/mol. The average Bonchev–Trinajstić information content (AvgIpc) is 2.59. The summed E-state index contributed by atoms with van der Waals surface area (Å²) in [4.78, 5) is 24.4. The molecule has 2 aromatic rings. The summed E-state index contributed by atoms with van der Waals surface area (Å²) >= 11 is 6.83. The van der Waals surface area contributed by atoms with Crippen molar-refractivity contribution in [1.29, 1.82) is 0 Å². The van der Waals surface area contributed by atoms with Gasteiger partial charge in [0.15, 0.2) is 5.16 Å². The summed E-state index contributed by atoms with van der Waals surface area (Å²) in [5.74, 6) is -0.0965. The highest BCUT2D eigenvalue weighted by Crippen LogP contribution is 2.18. The molecule has 0 radical (unpaired) electrons. The van der Waals surface area contributed by atoms with Crippen LogP contribution in [-0.4, -0.2) is 38.7 Å². The molecule has 2 heterocycles. The van der Waals surface area contributed by atoms with Gasteiger partial charge in [-0.3, -0.25) is 9.78 Å². The maximum Gasteiger partial charge on any atom is 0.317 e. The molecule has 2 aromatic heterocycles. The van der Waals surface area contributed by atoms with Crippen LogP contribution in [0.25, 0.3) is 11.4 Å². The molecule has 0 N–H and O–H groups in total. The molecule has 0 saturated carbocycles. The molecule has 0 saturated heterocycles. The first-order chi connectivity index (χ1) is 10.7. The molecule has 114 valence electrons. The second-order valence-corrected chi connectivity index (χ2v) is 5.40. The zero-order chi connectivity index (χ0) is 15.8. The van der Waals surface area contributed by atoms with Crippen molar-refractivity contribution in [3.63, 3.8) is 0 Å². The first-order valence-corrected chi connectivity index (χ1v) is 8.00. The van der Waals surface area contributed by atoms with Gasteiger partial charge in [-0.1, -0.05) is 30.5 Å². The first-order valence-electron chi connectivity index (χ1n) is 6.48. The SMILES string of the molecule is C=CC(CCl)OC(=O)CSc1nccc(-c2ccccn2)n1. The number of halogens is 1. The van der Waals surface area contributed by atoms with E-state index in [1.54, 1.807) is 18.5 Å². The van der Waals surface area contributed by atoms with Gasteiger partial charge in [0.05, 0.1) is 23.0 Å². The van der Waals surface area contributed by atoms with Gasteiger partial charge in [0.2, 0.25) is 0 Å². The lowest BCUT2D eigenvalue weighted by Crippen LogP contribution is -2.18. The van der Waals surface area contributed by atoms with Crippen LogP contribution in [0.3, 0.4) is 0 Å². The lowest BCUT2D eigenvalue weighted by molar-refractivity contribution is -0.142. The van der Waals surface area contributed by atoms with Gasteiger partial charge < -0.3 is 4.74 Å². The summed E-state index contributed by atoms with van der Waals surface area (Å²) in [7, 11) is 0. The van der Waals surface area contributed by atoms with Gasteiger partial charge in [0.25, 0.3) is 0 Å². The predicted octanol–water partition coefficient (Wildman–Crippen LogP) is 2.97. The Labute approximate surface area is 137 Å². The zero-order valence-electron chi connectivity index (χ0n) is 11.7. The van der Waals surface area contributed by atoms with E-state index in [0.717, 1.165) is 5.69 Å². The Bertz CT molecular complexity index is 640. The van der Waals surface area contributed by atoms with Gasteiger partial charge in [-0.2, -0.15) is 0 Å². The lowest BCUT2D eigenvalue weighted by Gasteiger charge is -2.10. The van der Waals surface area contributed by atoms with Crippen molar-refractivity contribution in [2.45, 2.75) is 11.3 Å². The van der Waals surface area contributed by atoms with Gasteiger partial charge in [-0.25, -0.2) is 9.97 Å². The van der Waals surface area contributed by atoms with Crippen LogP contribution in [0.5, 0.6) is 0 Å². The number of thioether (sulfide) groups is 1. The van der Waals surface area contributed by atoms with E-state index in [1.807, 2.05) is 18.2 Å². The normalized spacial score (nSPS) is 11.7. The molecule has 0 fully saturated rings. The van der Waals surface area contributed by atoms with Crippen LogP contribution in [-0.2, 0) is 9.53 Å². The Hall–Kier alpha value is -1.92. The third-order valence-corrected chi connectivity index (χ3v) is 3.72. The molecule has 0 aliphatic heterocycles. The van der Waals surface area contributed by atoms with E-state index in [2.05, 4.69) is 21.5 Å². The van der Waals surface area contributed by atoms with E-state index >= 15 is 0 Å². The minimum absolute atomic E-state index is 0.104. The number of carbonyl (C=O) groups is 1. The minimum Gasteiger partial charge on any atom is -0.456 e. The average molecular weight is 336 g/mol. The molecule has 0 aliphatic carbocycles.